The van der Waals surface area contributed by atoms with Crippen LogP contribution in [0.5, 0.6) is 5.75 Å². The molecule has 0 N–H and O–H groups in total. The third-order valence-electron chi connectivity index (χ3n) is 4.59. The van der Waals surface area contributed by atoms with Crippen LogP contribution in [0.2, 0.25) is 0 Å². The molecule has 0 saturated carbocycles. The van der Waals surface area contributed by atoms with Crippen molar-refractivity contribution in [3.8, 4) is 5.75 Å². The number of hydrogen-bond acceptors (Lipinski definition) is 5. The van der Waals surface area contributed by atoms with E-state index in [-0.39, 0.29) is 30.0 Å². The summed E-state index contributed by atoms with van der Waals surface area (Å²) in [4.78, 5) is 16.1. The summed E-state index contributed by atoms with van der Waals surface area (Å²) in [7, 11) is 0.634. The molecule has 1 saturated heterocycles. The average Bonchev–Trinajstić information content (AvgIpc) is 2.94. The van der Waals surface area contributed by atoms with Crippen molar-refractivity contribution in [1.29, 1.82) is 0 Å². The van der Waals surface area contributed by atoms with Gasteiger partial charge >= 0.3 is 0 Å². The Hall–Kier alpha value is -1.60. The van der Waals surface area contributed by atoms with E-state index in [0.717, 1.165) is 11.3 Å². The highest BCUT2D eigenvalue weighted by Crippen LogP contribution is 2.21. The lowest BCUT2D eigenvalue weighted by atomic mass is 10.2. The number of carbonyl (C=O) groups is 1. The number of likely N-dealkylation sites (N-methyl/N-ethyl adjacent to an activating group) is 2. The minimum atomic E-state index is -2.95. The van der Waals surface area contributed by atoms with Gasteiger partial charge in [0.05, 0.1) is 24.7 Å². The Balaban J connectivity index is 1.93. The fraction of sp³-hybridized carbons (Fsp3) is 0.632. The van der Waals surface area contributed by atoms with Gasteiger partial charge in [0.1, 0.15) is 5.75 Å². The second-order valence-corrected chi connectivity index (χ2v) is 9.76. The van der Waals surface area contributed by atoms with E-state index in [2.05, 4.69) is 13.8 Å². The first-order valence-electron chi connectivity index (χ1n) is 9.03. The molecule has 1 heterocycles. The molecular formula is C19H30N2O4S. The Morgan fingerprint density at radius 1 is 1.27 bits per heavy atom. The lowest BCUT2D eigenvalue weighted by Crippen LogP contribution is -2.41. The Kier molecular flexibility index (Phi) is 7.06. The van der Waals surface area contributed by atoms with Crippen LogP contribution in [0, 0.1) is 5.92 Å². The van der Waals surface area contributed by atoms with Gasteiger partial charge < -0.3 is 9.64 Å². The van der Waals surface area contributed by atoms with Crippen molar-refractivity contribution >= 4 is 15.7 Å². The standard InChI is InChI=1S/C19H30N2O4S/c1-15(2)13-25-18-8-6-5-7-16(18)11-21(4)19(22)12-20(3)17-9-10-26(23,24)14-17/h5-8,15,17H,9-14H2,1-4H3/t17-/m0/s1. The summed E-state index contributed by atoms with van der Waals surface area (Å²) in [5.74, 6) is 1.56. The molecule has 7 heteroatoms. The number of nitrogens with zero attached hydrogens (tertiary/aromatic N) is 2. The molecule has 0 unspecified atom stereocenters. The van der Waals surface area contributed by atoms with E-state index in [0.29, 0.717) is 25.5 Å². The third kappa shape index (κ3) is 5.99. The highest BCUT2D eigenvalue weighted by Gasteiger charge is 2.31. The van der Waals surface area contributed by atoms with Crippen LogP contribution < -0.4 is 4.74 Å². The molecule has 1 aromatic rings. The minimum absolute atomic E-state index is 0.0320. The Morgan fingerprint density at radius 2 is 1.96 bits per heavy atom. The van der Waals surface area contributed by atoms with E-state index in [1.807, 2.05) is 36.2 Å². The number of rotatable bonds is 8. The summed E-state index contributed by atoms with van der Waals surface area (Å²) >= 11 is 0. The first kappa shape index (κ1) is 20.7. The Morgan fingerprint density at radius 3 is 2.58 bits per heavy atom. The van der Waals surface area contributed by atoms with Crippen LogP contribution >= 0.6 is 0 Å². The van der Waals surface area contributed by atoms with Crippen LogP contribution in [-0.2, 0) is 21.2 Å². The zero-order chi connectivity index (χ0) is 19.3. The van der Waals surface area contributed by atoms with Gasteiger partial charge in [-0.15, -0.1) is 0 Å². The average molecular weight is 383 g/mol. The van der Waals surface area contributed by atoms with Crippen molar-refractivity contribution in [1.82, 2.24) is 9.80 Å². The van der Waals surface area contributed by atoms with E-state index in [9.17, 15) is 13.2 Å². The molecule has 0 bridgehead atoms. The van der Waals surface area contributed by atoms with Crippen molar-refractivity contribution in [2.45, 2.75) is 32.9 Å². The molecule has 0 radical (unpaired) electrons. The number of hydrogen-bond donors (Lipinski definition) is 0. The largest absolute Gasteiger partial charge is 0.493 e. The number of sulfone groups is 1. The molecule has 0 aromatic heterocycles. The van der Waals surface area contributed by atoms with Gasteiger partial charge in [-0.2, -0.15) is 0 Å². The molecule has 1 aliphatic heterocycles. The van der Waals surface area contributed by atoms with Gasteiger partial charge in [-0.3, -0.25) is 9.69 Å². The minimum Gasteiger partial charge on any atom is -0.493 e. The van der Waals surface area contributed by atoms with Crippen LogP contribution in [0.1, 0.15) is 25.8 Å². The number of amides is 1. The monoisotopic (exact) mass is 382 g/mol. The molecule has 26 heavy (non-hydrogen) atoms. The van der Waals surface area contributed by atoms with E-state index in [1.54, 1.807) is 11.9 Å². The summed E-state index contributed by atoms with van der Waals surface area (Å²) in [6.45, 7) is 5.50. The van der Waals surface area contributed by atoms with Gasteiger partial charge in [-0.05, 0) is 25.5 Å². The normalized spacial score (nSPS) is 19.1. The highest BCUT2D eigenvalue weighted by atomic mass is 32.2. The molecule has 1 aliphatic rings. The zero-order valence-electron chi connectivity index (χ0n) is 16.1. The topological polar surface area (TPSA) is 66.9 Å². The maximum Gasteiger partial charge on any atom is 0.236 e. The molecule has 0 spiro atoms. The number of carbonyl (C=O) groups excluding carboxylic acids is 1. The second-order valence-electron chi connectivity index (χ2n) is 7.53. The molecule has 1 atom stereocenters. The van der Waals surface area contributed by atoms with E-state index >= 15 is 0 Å². The SMILES string of the molecule is CC(C)COc1ccccc1CN(C)C(=O)CN(C)[C@H]1CCS(=O)(=O)C1. The first-order chi connectivity index (χ1) is 12.2. The summed E-state index contributed by atoms with van der Waals surface area (Å²) in [6, 6.07) is 7.68. The fourth-order valence-corrected chi connectivity index (χ4v) is 4.77. The maximum atomic E-state index is 12.5. The van der Waals surface area contributed by atoms with E-state index in [4.69, 9.17) is 4.74 Å². The molecule has 2 rings (SSSR count). The lowest BCUT2D eigenvalue weighted by Gasteiger charge is -2.26. The predicted molar refractivity (Wildman–Crippen MR) is 103 cm³/mol. The molecule has 1 aromatic carbocycles. The number of ether oxygens (including phenoxy) is 1. The number of benzene rings is 1. The Bertz CT molecular complexity index is 718. The molecule has 146 valence electrons. The van der Waals surface area contributed by atoms with Crippen molar-refractivity contribution < 1.29 is 17.9 Å². The Labute approximate surface area is 157 Å². The van der Waals surface area contributed by atoms with Gasteiger partial charge in [-0.1, -0.05) is 32.0 Å². The van der Waals surface area contributed by atoms with Crippen molar-refractivity contribution in [2.75, 3.05) is 38.8 Å². The highest BCUT2D eigenvalue weighted by molar-refractivity contribution is 7.91. The lowest BCUT2D eigenvalue weighted by molar-refractivity contribution is -0.131. The summed E-state index contributed by atoms with van der Waals surface area (Å²) in [5.41, 5.74) is 0.968. The zero-order valence-corrected chi connectivity index (χ0v) is 17.0. The summed E-state index contributed by atoms with van der Waals surface area (Å²) < 4.78 is 29.1. The molecule has 6 nitrogen and oxygen atoms in total. The van der Waals surface area contributed by atoms with Crippen LogP contribution in [0.25, 0.3) is 0 Å². The maximum absolute atomic E-state index is 12.5. The van der Waals surface area contributed by atoms with Crippen LogP contribution in [0.4, 0.5) is 0 Å². The van der Waals surface area contributed by atoms with Crippen molar-refractivity contribution in [2.24, 2.45) is 5.92 Å². The fourth-order valence-electron chi connectivity index (χ4n) is 2.96. The van der Waals surface area contributed by atoms with Gasteiger partial charge in [0.25, 0.3) is 0 Å². The molecular weight excluding hydrogens is 352 g/mol. The molecule has 1 fully saturated rings. The molecule has 0 aliphatic carbocycles. The van der Waals surface area contributed by atoms with Crippen LogP contribution in [0.3, 0.4) is 0 Å². The van der Waals surface area contributed by atoms with Crippen LogP contribution in [-0.4, -0.2) is 68.9 Å². The van der Waals surface area contributed by atoms with Gasteiger partial charge in [0, 0.05) is 25.2 Å². The van der Waals surface area contributed by atoms with Crippen molar-refractivity contribution in [3.63, 3.8) is 0 Å². The van der Waals surface area contributed by atoms with Gasteiger partial charge in [-0.25, -0.2) is 8.42 Å². The predicted octanol–water partition coefficient (Wildman–Crippen LogP) is 1.80. The molecule has 1 amide bonds. The quantitative estimate of drug-likeness (QED) is 0.686. The number of para-hydroxylation sites is 1. The second kappa shape index (κ2) is 8.86. The van der Waals surface area contributed by atoms with Crippen molar-refractivity contribution in [3.05, 3.63) is 29.8 Å². The summed E-state index contributed by atoms with van der Waals surface area (Å²) in [5, 5.41) is 0. The third-order valence-corrected chi connectivity index (χ3v) is 6.34. The summed E-state index contributed by atoms with van der Waals surface area (Å²) in [6.07, 6.45) is 0.599. The van der Waals surface area contributed by atoms with Crippen LogP contribution in [0.15, 0.2) is 24.3 Å². The smallest absolute Gasteiger partial charge is 0.236 e. The first-order valence-corrected chi connectivity index (χ1v) is 10.9. The van der Waals surface area contributed by atoms with Gasteiger partial charge in [0.15, 0.2) is 9.84 Å². The van der Waals surface area contributed by atoms with E-state index in [1.165, 1.54) is 0 Å². The van der Waals surface area contributed by atoms with E-state index < -0.39 is 9.84 Å². The van der Waals surface area contributed by atoms with Gasteiger partial charge in [0.2, 0.25) is 5.91 Å².